The lowest BCUT2D eigenvalue weighted by Gasteiger charge is -2.39. The van der Waals surface area contributed by atoms with E-state index < -0.39 is 155 Å². The van der Waals surface area contributed by atoms with E-state index in [-0.39, 0.29) is 52.7 Å². The van der Waals surface area contributed by atoms with Gasteiger partial charge in [0.2, 0.25) is 0 Å². The van der Waals surface area contributed by atoms with E-state index in [1.54, 1.807) is 0 Å². The minimum Gasteiger partial charge on any atom is -0.413 e. The first-order valence-electron chi connectivity index (χ1n) is 40.4. The first-order chi connectivity index (χ1) is 45.9. The summed E-state index contributed by atoms with van der Waals surface area (Å²) in [4.78, 5) is 0. The Morgan fingerprint density at radius 3 is 0.627 bits per heavy atom. The normalized spacial score (nSPS) is 29.8. The van der Waals surface area contributed by atoms with Crippen molar-refractivity contribution < 1.29 is 78.9 Å². The van der Waals surface area contributed by atoms with Gasteiger partial charge in [0.15, 0.2) is 8.32 Å². The van der Waals surface area contributed by atoms with Gasteiger partial charge in [0.05, 0.1) is 89.6 Å². The lowest BCUT2D eigenvalue weighted by atomic mass is 9.48. The summed E-state index contributed by atoms with van der Waals surface area (Å²) < 4.78 is 124. The highest BCUT2D eigenvalue weighted by atomic mass is 28.4. The molecule has 8 aliphatic heterocycles. The van der Waals surface area contributed by atoms with Crippen molar-refractivity contribution >= 4 is 65.3 Å². The third-order valence-corrected chi connectivity index (χ3v) is 34.2. The maximum atomic E-state index is 7.46. The Bertz CT molecular complexity index is 2690. The zero-order valence-electron chi connectivity index (χ0n) is 72.3. The highest BCUT2D eigenvalue weighted by Gasteiger charge is 2.66. The second-order valence-corrected chi connectivity index (χ2v) is 46.4. The molecule has 0 radical (unpaired) electrons. The van der Waals surface area contributed by atoms with Gasteiger partial charge in [0.1, 0.15) is 0 Å². The van der Waals surface area contributed by atoms with E-state index in [0.717, 1.165) is 31.0 Å². The van der Waals surface area contributed by atoms with Crippen LogP contribution >= 0.6 is 0 Å². The summed E-state index contributed by atoms with van der Waals surface area (Å²) in [5, 5.41) is 0. The second-order valence-electron chi connectivity index (χ2n) is 41.7. The van der Waals surface area contributed by atoms with Gasteiger partial charge in [-0.1, -0.05) is 86.5 Å². The van der Waals surface area contributed by atoms with Crippen LogP contribution < -0.4 is 0 Å². The van der Waals surface area contributed by atoms with Crippen LogP contribution in [0, 0.1) is 11.8 Å². The van der Waals surface area contributed by atoms with E-state index in [1.165, 1.54) is 0 Å². The molecule has 0 saturated carbocycles. The Kier molecular flexibility index (Phi) is 25.4. The van der Waals surface area contributed by atoms with Gasteiger partial charge in [-0.3, -0.25) is 0 Å². The Balaban J connectivity index is 1.27. The molecule has 26 heteroatoms. The monoisotopic (exact) mass is 1450 g/mol. The summed E-state index contributed by atoms with van der Waals surface area (Å²) in [5.74, 6) is -0.972. The number of hydrogen-bond donors (Lipinski definition) is 0. The van der Waals surface area contributed by atoms with Crippen LogP contribution in [0.4, 0.5) is 0 Å². The molecule has 0 aliphatic carbocycles. The van der Waals surface area contributed by atoms with Crippen molar-refractivity contribution in [2.75, 3.05) is 0 Å². The van der Waals surface area contributed by atoms with Gasteiger partial charge in [-0.25, -0.2) is 0 Å². The van der Waals surface area contributed by atoms with E-state index in [0.29, 0.717) is 50.8 Å². The van der Waals surface area contributed by atoms with Gasteiger partial charge >= 0.3 is 56.9 Å². The Morgan fingerprint density at radius 1 is 0.245 bits per heavy atom. The van der Waals surface area contributed by atoms with E-state index in [4.69, 9.17) is 78.9 Å². The molecule has 0 amide bonds. The molecule has 102 heavy (non-hydrogen) atoms. The van der Waals surface area contributed by atoms with Crippen molar-refractivity contribution in [3.05, 3.63) is 0 Å². The van der Waals surface area contributed by atoms with E-state index in [1.807, 2.05) is 0 Å². The molecule has 8 heterocycles. The summed E-state index contributed by atoms with van der Waals surface area (Å²) in [5.41, 5.74) is -9.97. The van der Waals surface area contributed by atoms with Gasteiger partial charge in [-0.05, 0) is 305 Å². The minimum atomic E-state index is -1.95. The van der Waals surface area contributed by atoms with Crippen LogP contribution in [0.15, 0.2) is 0 Å². The summed E-state index contributed by atoms with van der Waals surface area (Å²) in [6, 6.07) is 3.32. The fourth-order valence-corrected chi connectivity index (χ4v) is 19.4. The molecule has 0 aromatic heterocycles. The van der Waals surface area contributed by atoms with Crippen LogP contribution in [-0.4, -0.2) is 161 Å². The molecule has 0 spiro atoms. The van der Waals surface area contributed by atoms with Crippen molar-refractivity contribution in [1.82, 2.24) is 0 Å². The van der Waals surface area contributed by atoms with Crippen molar-refractivity contribution in [2.24, 2.45) is 11.8 Å². The van der Waals surface area contributed by atoms with Crippen molar-refractivity contribution in [2.45, 2.75) is 475 Å². The van der Waals surface area contributed by atoms with E-state index >= 15 is 0 Å². The largest absolute Gasteiger partial charge is 0.461 e. The topological polar surface area (TPSA) is 157 Å². The molecule has 8 rings (SSSR count). The van der Waals surface area contributed by atoms with Gasteiger partial charge in [0, 0.05) is 6.10 Å². The zero-order valence-corrected chi connectivity index (χ0v) is 73.3. The van der Waals surface area contributed by atoms with Crippen LogP contribution in [0.3, 0.4) is 0 Å². The molecule has 9 atom stereocenters. The smallest absolute Gasteiger partial charge is 0.413 e. The number of rotatable bonds is 31. The standard InChI is InChI=1S/C76H148B8O17Si/c1-39-102(40-2,41-3)85-60(51(4)5)52(6)42-43-53(78-88-63(11,12)64(13,14)89-78)44-54(79-90-65(15,16)66(17,18)91-79)45-55(80-92-67(19,20)68(21,22)93-80)46-56(81-94-69(23,24)70(25,26)95-81)47-57(82-96-71(27,28)72(29,30)97-82)48-58(83-98-73(31,32)74(33,34)99-83)49-59(84-100-75(35,36)76(37,38)101-84)50-77-86-61(7,8)62(9,10)87-77/h51-60H,39-50H2,1-38H3/t52-,53-,54-,55-,56+,57-,58+,59+,60-/m0/s1. The second kappa shape index (κ2) is 29.5. The van der Waals surface area contributed by atoms with Gasteiger partial charge in [-0.2, -0.15) is 0 Å². The maximum absolute atomic E-state index is 7.46. The van der Waals surface area contributed by atoms with Crippen LogP contribution in [0.2, 0.25) is 65.2 Å². The SMILES string of the molecule is CC[Si](CC)(CC)O[C@@H](C(C)C)[C@@H](C)CC[C@@H](C[C@@H](C[C@@H](C[C@H](C[C@@H](C[C@H](C[C@H](CB1OC(C)(C)C(C)(C)O1)B1OC(C)(C)C(C)(C)O1)B1OC(C)(C)C(C)(C)O1)B1OC(C)(C)C(C)(C)O1)B1OC(C)(C)C(C)(C)O1)B1OC(C)(C)C(C)(C)O1)B1OC(C)(C)C(C)(C)O1)B1OC(C)(C)C(C)(C)O1. The van der Waals surface area contributed by atoms with Crippen LogP contribution in [0.1, 0.15) is 314 Å². The first kappa shape index (κ1) is 87.6. The van der Waals surface area contributed by atoms with Crippen LogP contribution in [-0.2, 0) is 78.9 Å². The van der Waals surface area contributed by atoms with Crippen molar-refractivity contribution in [3.63, 3.8) is 0 Å². The molecule has 0 aromatic carbocycles. The first-order valence-corrected chi connectivity index (χ1v) is 43.0. The van der Waals surface area contributed by atoms with Crippen molar-refractivity contribution in [1.29, 1.82) is 0 Å². The fourth-order valence-electron chi connectivity index (χ4n) is 16.3. The lowest BCUT2D eigenvalue weighted by Crippen LogP contribution is -2.44. The van der Waals surface area contributed by atoms with Crippen LogP contribution in [0.5, 0.6) is 0 Å². The predicted octanol–water partition coefficient (Wildman–Crippen LogP) is 19.1. The molecule has 8 aliphatic rings. The molecule has 8 saturated heterocycles. The molecular weight excluding hydrogens is 1300 g/mol. The maximum Gasteiger partial charge on any atom is 0.461 e. The molecule has 8 fully saturated rings. The zero-order chi connectivity index (χ0) is 77.4. The Labute approximate surface area is 628 Å². The quantitative estimate of drug-likeness (QED) is 0.0603. The Hall–Kier alpha value is 0.0564. The van der Waals surface area contributed by atoms with E-state index in [2.05, 4.69) is 263 Å². The minimum absolute atomic E-state index is 0.0563. The van der Waals surface area contributed by atoms with E-state index in [9.17, 15) is 0 Å². The molecule has 0 N–H and O–H groups in total. The van der Waals surface area contributed by atoms with Crippen molar-refractivity contribution in [3.8, 4) is 0 Å². The number of hydrogen-bond acceptors (Lipinski definition) is 17. The molecule has 0 unspecified atom stereocenters. The Morgan fingerprint density at radius 2 is 0.422 bits per heavy atom. The average Bonchev–Trinajstić information content (AvgIpc) is 1.60. The summed E-state index contributed by atoms with van der Waals surface area (Å²) in [6.45, 7) is 82.8. The van der Waals surface area contributed by atoms with Crippen LogP contribution in [0.25, 0.3) is 0 Å². The third kappa shape index (κ3) is 17.8. The summed E-state index contributed by atoms with van der Waals surface area (Å²) >= 11 is 0. The summed E-state index contributed by atoms with van der Waals surface area (Å²) in [6.07, 6.45) is 5.99. The molecular formula is C76H148B8O17Si. The molecule has 0 aromatic rings. The predicted molar refractivity (Wildman–Crippen MR) is 423 cm³/mol. The average molecular weight is 1450 g/mol. The van der Waals surface area contributed by atoms with Gasteiger partial charge < -0.3 is 78.9 Å². The molecule has 17 nitrogen and oxygen atoms in total. The molecule has 0 bridgehead atoms. The molecule has 582 valence electrons. The summed E-state index contributed by atoms with van der Waals surface area (Å²) in [7, 11) is -6.78. The van der Waals surface area contributed by atoms with Gasteiger partial charge in [-0.15, -0.1) is 0 Å². The third-order valence-electron chi connectivity index (χ3n) is 29.6. The van der Waals surface area contributed by atoms with Gasteiger partial charge in [0.25, 0.3) is 0 Å². The lowest BCUT2D eigenvalue weighted by molar-refractivity contribution is 0.00578. The highest BCUT2D eigenvalue weighted by molar-refractivity contribution is 6.73. The highest BCUT2D eigenvalue weighted by Crippen LogP contribution is 2.58. The fraction of sp³-hybridized carbons (Fsp3) is 1.00.